The van der Waals surface area contributed by atoms with Crippen molar-refractivity contribution in [2.45, 2.75) is 12.6 Å². The highest BCUT2D eigenvalue weighted by Crippen LogP contribution is 2.31. The predicted octanol–water partition coefficient (Wildman–Crippen LogP) is 2.59. The summed E-state index contributed by atoms with van der Waals surface area (Å²) in [6.07, 6.45) is -3.50. The van der Waals surface area contributed by atoms with Crippen LogP contribution < -0.4 is 11.1 Å². The van der Waals surface area contributed by atoms with Gasteiger partial charge >= 0.3 is 6.18 Å². The van der Waals surface area contributed by atoms with Crippen LogP contribution in [-0.2, 0) is 12.6 Å². The molecule has 0 unspecified atom stereocenters. The molecule has 0 spiro atoms. The quantitative estimate of drug-likeness (QED) is 0.799. The van der Waals surface area contributed by atoms with Gasteiger partial charge in [0, 0.05) is 19.2 Å². The van der Waals surface area contributed by atoms with Crippen LogP contribution in [0.1, 0.15) is 16.8 Å². The molecule has 0 atom stereocenters. The van der Waals surface area contributed by atoms with Gasteiger partial charge in [-0.2, -0.15) is 23.5 Å². The molecule has 22 heavy (non-hydrogen) atoms. The van der Waals surface area contributed by atoms with Crippen LogP contribution in [0.3, 0.4) is 0 Å². The fourth-order valence-electron chi connectivity index (χ4n) is 1.70. The van der Waals surface area contributed by atoms with Gasteiger partial charge in [-0.3, -0.25) is 10.1 Å². The molecule has 0 aromatic carbocycles. The molecule has 0 aliphatic rings. The van der Waals surface area contributed by atoms with Crippen LogP contribution in [0.4, 0.5) is 24.8 Å². The normalized spacial score (nSPS) is 11.2. The van der Waals surface area contributed by atoms with E-state index in [0.717, 1.165) is 12.3 Å². The van der Waals surface area contributed by atoms with E-state index in [2.05, 4.69) is 20.5 Å². The summed E-state index contributed by atoms with van der Waals surface area (Å²) >= 11 is 5.80. The van der Waals surface area contributed by atoms with Gasteiger partial charge in [0.2, 0.25) is 0 Å². The number of H-pyrrole nitrogens is 1. The summed E-state index contributed by atoms with van der Waals surface area (Å²) in [4.78, 5) is 3.71. The lowest BCUT2D eigenvalue weighted by atomic mass is 10.2. The molecule has 116 valence electrons. The first-order valence-electron chi connectivity index (χ1n) is 6.02. The summed E-state index contributed by atoms with van der Waals surface area (Å²) in [6.45, 7) is 0.275. The first-order chi connectivity index (χ1) is 10.3. The molecule has 2 aromatic rings. The molecule has 0 aliphatic heterocycles. The number of anilines is 2. The molecule has 0 saturated heterocycles. The summed E-state index contributed by atoms with van der Waals surface area (Å²) < 4.78 is 37.5. The van der Waals surface area contributed by atoms with Crippen molar-refractivity contribution in [1.82, 2.24) is 15.2 Å². The van der Waals surface area contributed by atoms with Gasteiger partial charge in [0.1, 0.15) is 17.5 Å². The number of rotatable bonds is 4. The summed E-state index contributed by atoms with van der Waals surface area (Å²) in [5.74, 6) is 0.402. The largest absolute Gasteiger partial charge is 0.417 e. The minimum atomic E-state index is -4.48. The Morgan fingerprint density at radius 2 is 2.18 bits per heavy atom. The number of aromatic nitrogens is 3. The van der Waals surface area contributed by atoms with Gasteiger partial charge in [0.15, 0.2) is 5.82 Å². The number of hydrogen-bond donors (Lipinski definition) is 3. The number of nitriles is 1. The topological polar surface area (TPSA) is 103 Å². The smallest absolute Gasteiger partial charge is 0.383 e. The maximum atomic E-state index is 12.5. The zero-order valence-electron chi connectivity index (χ0n) is 11.0. The molecule has 0 fully saturated rings. The second-order valence-corrected chi connectivity index (χ2v) is 4.71. The van der Waals surface area contributed by atoms with E-state index in [0.29, 0.717) is 5.69 Å². The zero-order chi connectivity index (χ0) is 16.3. The highest BCUT2D eigenvalue weighted by Gasteiger charge is 2.31. The third kappa shape index (κ3) is 3.40. The Labute approximate surface area is 128 Å². The number of nitrogens with one attached hydrogen (secondary N) is 2. The van der Waals surface area contributed by atoms with Crippen LogP contribution in [0.2, 0.25) is 5.02 Å². The Hall–Kier alpha value is -2.47. The van der Waals surface area contributed by atoms with Crippen molar-refractivity contribution < 1.29 is 13.2 Å². The van der Waals surface area contributed by atoms with E-state index < -0.39 is 11.7 Å². The Bertz CT molecular complexity index is 719. The summed E-state index contributed by atoms with van der Waals surface area (Å²) in [6, 6.07) is 2.71. The average molecular weight is 331 g/mol. The molecule has 10 heteroatoms. The van der Waals surface area contributed by atoms with Crippen molar-refractivity contribution in [3.8, 4) is 6.07 Å². The van der Waals surface area contributed by atoms with E-state index in [1.54, 1.807) is 0 Å². The van der Waals surface area contributed by atoms with Gasteiger partial charge < -0.3 is 11.1 Å². The molecule has 6 nitrogen and oxygen atoms in total. The summed E-state index contributed by atoms with van der Waals surface area (Å²) in [7, 11) is 0. The van der Waals surface area contributed by atoms with Gasteiger partial charge in [-0.25, -0.2) is 0 Å². The maximum absolute atomic E-state index is 12.5. The fourth-order valence-corrected chi connectivity index (χ4v) is 1.96. The molecule has 0 radical (unpaired) electrons. The number of aromatic amines is 1. The number of hydrogen-bond acceptors (Lipinski definition) is 5. The monoisotopic (exact) mass is 330 g/mol. The SMILES string of the molecule is N#Cc1c(NCCc2ncc(C(F)(F)F)cc2Cl)n[nH]c1N. The van der Waals surface area contributed by atoms with E-state index in [-0.39, 0.29) is 35.2 Å². The Morgan fingerprint density at radius 3 is 2.77 bits per heavy atom. The van der Waals surface area contributed by atoms with E-state index in [1.807, 2.05) is 6.07 Å². The molecule has 2 aromatic heterocycles. The van der Waals surface area contributed by atoms with Crippen LogP contribution in [0.25, 0.3) is 0 Å². The highest BCUT2D eigenvalue weighted by molar-refractivity contribution is 6.31. The van der Waals surface area contributed by atoms with E-state index in [4.69, 9.17) is 22.6 Å². The van der Waals surface area contributed by atoms with Crippen LogP contribution in [-0.4, -0.2) is 21.7 Å². The minimum Gasteiger partial charge on any atom is -0.383 e. The summed E-state index contributed by atoms with van der Waals surface area (Å²) in [5, 5.41) is 17.9. The Morgan fingerprint density at radius 1 is 1.45 bits per heavy atom. The number of pyridine rings is 1. The number of nitrogens with two attached hydrogens (primary N) is 1. The van der Waals surface area contributed by atoms with E-state index >= 15 is 0 Å². The van der Waals surface area contributed by atoms with Crippen molar-refractivity contribution in [3.63, 3.8) is 0 Å². The predicted molar refractivity (Wildman–Crippen MR) is 74.2 cm³/mol. The van der Waals surface area contributed by atoms with Crippen LogP contribution >= 0.6 is 11.6 Å². The standard InChI is InChI=1S/C12H10ClF3N6/c13-8-3-6(12(14,15)16)5-20-9(8)1-2-19-11-7(4-17)10(18)21-22-11/h3,5H,1-2H2,(H4,18,19,21,22). The molecule has 0 amide bonds. The van der Waals surface area contributed by atoms with Crippen molar-refractivity contribution in [3.05, 3.63) is 34.1 Å². The molecular weight excluding hydrogens is 321 g/mol. The fraction of sp³-hybridized carbons (Fsp3) is 0.250. The number of halogens is 4. The lowest BCUT2D eigenvalue weighted by Crippen LogP contribution is -2.10. The number of nitrogens with zero attached hydrogens (tertiary/aromatic N) is 3. The Kier molecular flexibility index (Phi) is 4.42. The van der Waals surface area contributed by atoms with Crippen molar-refractivity contribution in [1.29, 1.82) is 5.26 Å². The second kappa shape index (κ2) is 6.11. The van der Waals surface area contributed by atoms with Crippen molar-refractivity contribution in [2.75, 3.05) is 17.6 Å². The first-order valence-corrected chi connectivity index (χ1v) is 6.40. The van der Waals surface area contributed by atoms with E-state index in [1.165, 1.54) is 0 Å². The Balaban J connectivity index is 2.02. The third-order valence-electron chi connectivity index (χ3n) is 2.81. The number of nitrogen functional groups attached to an aromatic ring is 1. The molecule has 0 saturated carbocycles. The molecule has 2 heterocycles. The molecule has 2 rings (SSSR count). The van der Waals surface area contributed by atoms with Gasteiger partial charge in [-0.05, 0) is 6.07 Å². The lowest BCUT2D eigenvalue weighted by molar-refractivity contribution is -0.137. The average Bonchev–Trinajstić information content (AvgIpc) is 2.79. The third-order valence-corrected chi connectivity index (χ3v) is 3.13. The van der Waals surface area contributed by atoms with Crippen molar-refractivity contribution in [2.24, 2.45) is 0 Å². The maximum Gasteiger partial charge on any atom is 0.417 e. The van der Waals surface area contributed by atoms with E-state index in [9.17, 15) is 13.2 Å². The van der Waals surface area contributed by atoms with Gasteiger partial charge in [0.05, 0.1) is 16.3 Å². The van der Waals surface area contributed by atoms with Crippen LogP contribution in [0, 0.1) is 11.3 Å². The second-order valence-electron chi connectivity index (χ2n) is 4.30. The molecule has 0 bridgehead atoms. The van der Waals surface area contributed by atoms with Crippen molar-refractivity contribution >= 4 is 23.2 Å². The van der Waals surface area contributed by atoms with Crippen LogP contribution in [0.15, 0.2) is 12.3 Å². The summed E-state index contributed by atoms with van der Waals surface area (Å²) in [5.41, 5.74) is 5.08. The van der Waals surface area contributed by atoms with Crippen LogP contribution in [0.5, 0.6) is 0 Å². The number of alkyl halides is 3. The highest BCUT2D eigenvalue weighted by atomic mass is 35.5. The molecule has 4 N–H and O–H groups in total. The van der Waals surface area contributed by atoms with Gasteiger partial charge in [0.25, 0.3) is 0 Å². The van der Waals surface area contributed by atoms with Gasteiger partial charge in [-0.15, -0.1) is 0 Å². The first kappa shape index (κ1) is 15.9. The zero-order valence-corrected chi connectivity index (χ0v) is 11.8. The lowest BCUT2D eigenvalue weighted by Gasteiger charge is -2.09. The molecular formula is C12H10ClF3N6. The molecule has 0 aliphatic carbocycles. The van der Waals surface area contributed by atoms with Gasteiger partial charge in [-0.1, -0.05) is 11.6 Å². The minimum absolute atomic E-state index is 0.0707.